The molecule has 1 aromatic carbocycles. The number of hydrogen-bond acceptors (Lipinski definition) is 3. The molecule has 2 aliphatic heterocycles. The molecule has 2 aliphatic rings. The number of benzene rings is 1. The summed E-state index contributed by atoms with van der Waals surface area (Å²) in [6.07, 6.45) is 2.43. The van der Waals surface area contributed by atoms with E-state index >= 15 is 0 Å². The number of fused-ring (bicyclic) bond motifs is 1. The molecule has 1 saturated heterocycles. The Bertz CT molecular complexity index is 553. The molecule has 0 bridgehead atoms. The Balaban J connectivity index is 1.91. The van der Waals surface area contributed by atoms with Gasteiger partial charge in [0, 0.05) is 25.8 Å². The Hall–Kier alpha value is -1.84. The summed E-state index contributed by atoms with van der Waals surface area (Å²) < 4.78 is 0. The maximum atomic E-state index is 11.7. The first kappa shape index (κ1) is 12.2. The van der Waals surface area contributed by atoms with Crippen molar-refractivity contribution in [2.24, 2.45) is 5.92 Å². The van der Waals surface area contributed by atoms with Gasteiger partial charge < -0.3 is 9.80 Å². The largest absolute Gasteiger partial charge is 0.371 e. The predicted molar refractivity (Wildman–Crippen MR) is 74.8 cm³/mol. The quantitative estimate of drug-likeness (QED) is 0.763. The molecule has 100 valence electrons. The molecule has 1 amide bonds. The molecule has 0 aliphatic carbocycles. The number of carbonyl (C=O) groups excluding carboxylic acids is 2. The minimum atomic E-state index is -0.431. The van der Waals surface area contributed by atoms with Crippen LogP contribution in [0.1, 0.15) is 30.1 Å². The second-order valence-corrected chi connectivity index (χ2v) is 5.40. The van der Waals surface area contributed by atoms with Crippen molar-refractivity contribution in [3.63, 3.8) is 0 Å². The van der Waals surface area contributed by atoms with Gasteiger partial charge in [-0.05, 0) is 30.5 Å². The summed E-state index contributed by atoms with van der Waals surface area (Å²) in [5.41, 5.74) is 2.39. The van der Waals surface area contributed by atoms with Gasteiger partial charge in [-0.1, -0.05) is 13.3 Å². The summed E-state index contributed by atoms with van der Waals surface area (Å²) in [6, 6.07) is 5.71. The highest BCUT2D eigenvalue weighted by Crippen LogP contribution is 2.34. The standard InChI is InChI=1S/C15H18N2O2/c1-3-10-6-7-17(9-10)11-4-5-12-13(8-11)16(2)15(19)14(12)18/h4-5,8,10H,3,6-7,9H2,1-2H3. The van der Waals surface area contributed by atoms with Crippen molar-refractivity contribution >= 4 is 23.1 Å². The first-order valence-corrected chi connectivity index (χ1v) is 6.83. The number of amides is 1. The molecule has 0 radical (unpaired) electrons. The smallest absolute Gasteiger partial charge is 0.299 e. The third-order valence-corrected chi connectivity index (χ3v) is 4.31. The molecular weight excluding hydrogens is 240 g/mol. The van der Waals surface area contributed by atoms with E-state index in [1.54, 1.807) is 13.1 Å². The van der Waals surface area contributed by atoms with Gasteiger partial charge in [0.15, 0.2) is 0 Å². The monoisotopic (exact) mass is 258 g/mol. The van der Waals surface area contributed by atoms with Crippen molar-refractivity contribution in [3.05, 3.63) is 23.8 Å². The molecule has 4 nitrogen and oxygen atoms in total. The van der Waals surface area contributed by atoms with Gasteiger partial charge in [-0.2, -0.15) is 0 Å². The third kappa shape index (κ3) is 1.82. The molecule has 1 fully saturated rings. The van der Waals surface area contributed by atoms with E-state index in [9.17, 15) is 9.59 Å². The summed E-state index contributed by atoms with van der Waals surface area (Å²) in [5.74, 6) is -0.0637. The lowest BCUT2D eigenvalue weighted by atomic mass is 10.1. The van der Waals surface area contributed by atoms with E-state index < -0.39 is 11.7 Å². The molecule has 3 rings (SSSR count). The molecule has 1 aromatic rings. The summed E-state index contributed by atoms with van der Waals surface area (Å²) in [7, 11) is 1.66. The average Bonchev–Trinajstić information content (AvgIpc) is 2.99. The van der Waals surface area contributed by atoms with Crippen LogP contribution in [0.3, 0.4) is 0 Å². The van der Waals surface area contributed by atoms with Gasteiger partial charge in [0.25, 0.3) is 11.7 Å². The van der Waals surface area contributed by atoms with E-state index in [4.69, 9.17) is 0 Å². The van der Waals surface area contributed by atoms with Crippen LogP contribution in [-0.2, 0) is 4.79 Å². The van der Waals surface area contributed by atoms with Crippen LogP contribution in [0.15, 0.2) is 18.2 Å². The Kier molecular flexibility index (Phi) is 2.81. The van der Waals surface area contributed by atoms with Crippen molar-refractivity contribution in [2.75, 3.05) is 29.9 Å². The molecule has 0 aromatic heterocycles. The Labute approximate surface area is 113 Å². The van der Waals surface area contributed by atoms with Crippen LogP contribution in [0, 0.1) is 5.92 Å². The fourth-order valence-electron chi connectivity index (χ4n) is 2.96. The maximum absolute atomic E-state index is 11.7. The molecule has 2 heterocycles. The van der Waals surface area contributed by atoms with Crippen molar-refractivity contribution in [1.29, 1.82) is 0 Å². The van der Waals surface area contributed by atoms with E-state index in [0.717, 1.165) is 30.4 Å². The summed E-state index contributed by atoms with van der Waals surface area (Å²) >= 11 is 0. The second kappa shape index (κ2) is 4.37. The van der Waals surface area contributed by atoms with Gasteiger partial charge in [-0.25, -0.2) is 0 Å². The minimum absolute atomic E-state index is 0.392. The zero-order valence-electron chi connectivity index (χ0n) is 11.3. The predicted octanol–water partition coefficient (Wildman–Crippen LogP) is 2.08. The first-order chi connectivity index (χ1) is 9.11. The van der Waals surface area contributed by atoms with E-state index in [1.165, 1.54) is 17.7 Å². The van der Waals surface area contributed by atoms with Crippen LogP contribution in [0.25, 0.3) is 0 Å². The fourth-order valence-corrected chi connectivity index (χ4v) is 2.96. The molecule has 0 spiro atoms. The fraction of sp³-hybridized carbons (Fsp3) is 0.467. The molecule has 1 unspecified atom stereocenters. The normalized spacial score (nSPS) is 22.3. The van der Waals surface area contributed by atoms with Gasteiger partial charge in [0.05, 0.1) is 11.3 Å². The summed E-state index contributed by atoms with van der Waals surface area (Å²) in [6.45, 7) is 4.35. The third-order valence-electron chi connectivity index (χ3n) is 4.31. The lowest BCUT2D eigenvalue weighted by Gasteiger charge is -2.20. The summed E-state index contributed by atoms with van der Waals surface area (Å²) in [5, 5.41) is 0. The van der Waals surface area contributed by atoms with Crippen molar-refractivity contribution in [1.82, 2.24) is 0 Å². The minimum Gasteiger partial charge on any atom is -0.371 e. The zero-order chi connectivity index (χ0) is 13.6. The highest BCUT2D eigenvalue weighted by atomic mass is 16.2. The number of nitrogens with zero attached hydrogens (tertiary/aromatic N) is 2. The van der Waals surface area contributed by atoms with Crippen molar-refractivity contribution in [2.45, 2.75) is 19.8 Å². The van der Waals surface area contributed by atoms with E-state index in [1.807, 2.05) is 12.1 Å². The van der Waals surface area contributed by atoms with E-state index in [2.05, 4.69) is 11.8 Å². The van der Waals surface area contributed by atoms with E-state index in [0.29, 0.717) is 5.56 Å². The zero-order valence-corrected chi connectivity index (χ0v) is 11.3. The van der Waals surface area contributed by atoms with Crippen LogP contribution in [0.2, 0.25) is 0 Å². The van der Waals surface area contributed by atoms with E-state index in [-0.39, 0.29) is 0 Å². The van der Waals surface area contributed by atoms with Gasteiger partial charge in [0.1, 0.15) is 0 Å². The highest BCUT2D eigenvalue weighted by Gasteiger charge is 2.34. The number of rotatable bonds is 2. The number of ketones is 1. The molecule has 19 heavy (non-hydrogen) atoms. The Morgan fingerprint density at radius 3 is 2.79 bits per heavy atom. The SMILES string of the molecule is CCC1CCN(c2ccc3c(c2)N(C)C(=O)C3=O)C1. The van der Waals surface area contributed by atoms with Crippen LogP contribution < -0.4 is 9.80 Å². The number of Topliss-reactive ketones (excluding diaryl/α,β-unsaturated/α-hetero) is 1. The van der Waals surface area contributed by atoms with Crippen molar-refractivity contribution in [3.8, 4) is 0 Å². The molecule has 4 heteroatoms. The lowest BCUT2D eigenvalue weighted by molar-refractivity contribution is -0.114. The first-order valence-electron chi connectivity index (χ1n) is 6.83. The Morgan fingerprint density at radius 1 is 1.32 bits per heavy atom. The molecule has 1 atom stereocenters. The number of carbonyl (C=O) groups is 2. The Morgan fingerprint density at radius 2 is 2.11 bits per heavy atom. The van der Waals surface area contributed by atoms with Gasteiger partial charge in [-0.15, -0.1) is 0 Å². The second-order valence-electron chi connectivity index (χ2n) is 5.40. The topological polar surface area (TPSA) is 40.6 Å². The van der Waals surface area contributed by atoms with Crippen LogP contribution in [0.4, 0.5) is 11.4 Å². The van der Waals surface area contributed by atoms with Crippen LogP contribution >= 0.6 is 0 Å². The summed E-state index contributed by atoms with van der Waals surface area (Å²) in [4.78, 5) is 27.2. The van der Waals surface area contributed by atoms with Gasteiger partial charge in [0.2, 0.25) is 0 Å². The highest BCUT2D eigenvalue weighted by molar-refractivity contribution is 6.52. The van der Waals surface area contributed by atoms with Gasteiger partial charge in [-0.3, -0.25) is 9.59 Å². The van der Waals surface area contributed by atoms with Gasteiger partial charge >= 0.3 is 0 Å². The number of anilines is 2. The number of hydrogen-bond donors (Lipinski definition) is 0. The maximum Gasteiger partial charge on any atom is 0.299 e. The average molecular weight is 258 g/mol. The lowest BCUT2D eigenvalue weighted by Crippen LogP contribution is -2.25. The molecular formula is C15H18N2O2. The van der Waals surface area contributed by atoms with Crippen LogP contribution in [0.5, 0.6) is 0 Å². The molecule has 0 saturated carbocycles. The molecule has 0 N–H and O–H groups in total. The number of likely N-dealkylation sites (N-methyl/N-ethyl adjacent to an activating group) is 1. The van der Waals surface area contributed by atoms with Crippen LogP contribution in [-0.4, -0.2) is 31.8 Å². The van der Waals surface area contributed by atoms with Crippen molar-refractivity contribution < 1.29 is 9.59 Å².